The molecule has 2 atom stereocenters. The summed E-state index contributed by atoms with van der Waals surface area (Å²) in [7, 11) is 0. The highest BCUT2D eigenvalue weighted by atomic mass is 19.1. The molecule has 1 aliphatic heterocycles. The van der Waals surface area contributed by atoms with Gasteiger partial charge in [0.1, 0.15) is 11.6 Å². The van der Waals surface area contributed by atoms with Gasteiger partial charge in [0.2, 0.25) is 0 Å². The van der Waals surface area contributed by atoms with Gasteiger partial charge in [-0.3, -0.25) is 4.79 Å². The first kappa shape index (κ1) is 19.3. The number of amides is 1. The van der Waals surface area contributed by atoms with Crippen LogP contribution in [-0.2, 0) is 0 Å². The second-order valence-electron chi connectivity index (χ2n) is 7.38. The standard InChI is InChI=1S/C21H22F2N4O2/c1-13(12-28)25-21(29)18-11-24-27-6-4-17(10-20(18)27)26-5-2-3-19(26)14-7-15(22)9-16(23)8-14/h4,6-11,13,19,28H,2-3,5,12H2,1H3,(H,25,29). The van der Waals surface area contributed by atoms with E-state index in [4.69, 9.17) is 5.11 Å². The number of benzene rings is 1. The molecule has 152 valence electrons. The maximum atomic E-state index is 13.7. The van der Waals surface area contributed by atoms with E-state index in [9.17, 15) is 13.6 Å². The minimum absolute atomic E-state index is 0.141. The Kier molecular flexibility index (Phi) is 5.19. The topological polar surface area (TPSA) is 69.9 Å². The normalized spacial score (nSPS) is 17.7. The van der Waals surface area contributed by atoms with Crippen molar-refractivity contribution in [3.8, 4) is 0 Å². The molecule has 4 rings (SSSR count). The number of aliphatic hydroxyl groups excluding tert-OH is 1. The molecule has 2 unspecified atom stereocenters. The summed E-state index contributed by atoms with van der Waals surface area (Å²) in [5.41, 5.74) is 2.48. The van der Waals surface area contributed by atoms with Crippen LogP contribution in [0.1, 0.15) is 41.7 Å². The monoisotopic (exact) mass is 400 g/mol. The number of aromatic nitrogens is 2. The van der Waals surface area contributed by atoms with Gasteiger partial charge in [-0.15, -0.1) is 0 Å². The van der Waals surface area contributed by atoms with Crippen LogP contribution < -0.4 is 10.2 Å². The van der Waals surface area contributed by atoms with Crippen LogP contribution in [0.15, 0.2) is 42.7 Å². The Morgan fingerprint density at radius 1 is 1.31 bits per heavy atom. The van der Waals surface area contributed by atoms with Crippen molar-refractivity contribution >= 4 is 17.1 Å². The van der Waals surface area contributed by atoms with Crippen LogP contribution in [-0.4, -0.2) is 39.8 Å². The lowest BCUT2D eigenvalue weighted by molar-refractivity contribution is 0.0924. The summed E-state index contributed by atoms with van der Waals surface area (Å²) in [6.07, 6.45) is 4.93. The number of rotatable bonds is 5. The number of nitrogens with zero attached hydrogens (tertiary/aromatic N) is 3. The van der Waals surface area contributed by atoms with Gasteiger partial charge in [0.05, 0.1) is 29.9 Å². The number of carbonyl (C=O) groups is 1. The first-order valence-corrected chi connectivity index (χ1v) is 9.58. The Hall–Kier alpha value is -3.00. The summed E-state index contributed by atoms with van der Waals surface area (Å²) < 4.78 is 29.0. The minimum Gasteiger partial charge on any atom is -0.394 e. The zero-order valence-corrected chi connectivity index (χ0v) is 16.0. The van der Waals surface area contributed by atoms with Crippen molar-refractivity contribution in [1.29, 1.82) is 0 Å². The Morgan fingerprint density at radius 3 is 2.79 bits per heavy atom. The molecule has 2 aromatic heterocycles. The van der Waals surface area contributed by atoms with Gasteiger partial charge < -0.3 is 15.3 Å². The van der Waals surface area contributed by atoms with E-state index in [1.165, 1.54) is 18.3 Å². The molecule has 1 aliphatic rings. The molecule has 0 bridgehead atoms. The predicted octanol–water partition coefficient (Wildman–Crippen LogP) is 3.06. The van der Waals surface area contributed by atoms with Crippen LogP contribution in [0.25, 0.3) is 5.52 Å². The van der Waals surface area contributed by atoms with Crippen molar-refractivity contribution in [2.45, 2.75) is 31.8 Å². The average molecular weight is 400 g/mol. The SMILES string of the molecule is CC(CO)NC(=O)c1cnn2ccc(N3CCCC3c3cc(F)cc(F)c3)cc12. The summed E-state index contributed by atoms with van der Waals surface area (Å²) in [6.45, 7) is 2.30. The Labute approximate surface area is 166 Å². The van der Waals surface area contributed by atoms with Crippen LogP contribution in [0.5, 0.6) is 0 Å². The van der Waals surface area contributed by atoms with E-state index in [0.29, 0.717) is 16.6 Å². The molecule has 1 saturated heterocycles. The molecular formula is C21H22F2N4O2. The summed E-state index contributed by atoms with van der Waals surface area (Å²) in [5, 5.41) is 16.1. The van der Waals surface area contributed by atoms with Crippen LogP contribution in [0.3, 0.4) is 0 Å². The number of hydrogen-bond donors (Lipinski definition) is 2. The Bertz CT molecular complexity index is 1030. The maximum Gasteiger partial charge on any atom is 0.255 e. The van der Waals surface area contributed by atoms with E-state index in [1.807, 2.05) is 12.1 Å². The van der Waals surface area contributed by atoms with E-state index in [0.717, 1.165) is 31.1 Å². The van der Waals surface area contributed by atoms with Crippen LogP contribution in [0.2, 0.25) is 0 Å². The van der Waals surface area contributed by atoms with Gasteiger partial charge in [-0.1, -0.05) is 0 Å². The number of pyridine rings is 1. The lowest BCUT2D eigenvalue weighted by Crippen LogP contribution is -2.34. The third-order valence-corrected chi connectivity index (χ3v) is 5.26. The highest BCUT2D eigenvalue weighted by Crippen LogP contribution is 2.37. The van der Waals surface area contributed by atoms with Gasteiger partial charge in [0.15, 0.2) is 0 Å². The summed E-state index contributed by atoms with van der Waals surface area (Å²) in [6, 6.07) is 6.85. The molecule has 2 N–H and O–H groups in total. The zero-order chi connectivity index (χ0) is 20.5. The lowest BCUT2D eigenvalue weighted by atomic mass is 10.0. The van der Waals surface area contributed by atoms with Gasteiger partial charge in [-0.2, -0.15) is 5.10 Å². The third kappa shape index (κ3) is 3.80. The van der Waals surface area contributed by atoms with E-state index in [1.54, 1.807) is 17.6 Å². The van der Waals surface area contributed by atoms with E-state index < -0.39 is 11.6 Å². The fraction of sp³-hybridized carbons (Fsp3) is 0.333. The summed E-state index contributed by atoms with van der Waals surface area (Å²) in [5.74, 6) is -1.49. The highest BCUT2D eigenvalue weighted by Gasteiger charge is 2.28. The van der Waals surface area contributed by atoms with Crippen molar-refractivity contribution < 1.29 is 18.7 Å². The van der Waals surface area contributed by atoms with Gasteiger partial charge in [0, 0.05) is 30.5 Å². The average Bonchev–Trinajstić information content (AvgIpc) is 3.33. The second-order valence-corrected chi connectivity index (χ2v) is 7.38. The number of carbonyl (C=O) groups excluding carboxylic acids is 1. The fourth-order valence-corrected chi connectivity index (χ4v) is 3.86. The number of nitrogens with one attached hydrogen (secondary N) is 1. The van der Waals surface area contributed by atoms with Gasteiger partial charge in [-0.25, -0.2) is 13.3 Å². The molecule has 1 amide bonds. The van der Waals surface area contributed by atoms with E-state index in [2.05, 4.69) is 15.3 Å². The zero-order valence-electron chi connectivity index (χ0n) is 16.0. The first-order chi connectivity index (χ1) is 14.0. The van der Waals surface area contributed by atoms with Gasteiger partial charge >= 0.3 is 0 Å². The molecule has 29 heavy (non-hydrogen) atoms. The summed E-state index contributed by atoms with van der Waals surface area (Å²) >= 11 is 0. The van der Waals surface area contributed by atoms with Crippen LogP contribution >= 0.6 is 0 Å². The molecule has 3 heterocycles. The molecule has 8 heteroatoms. The highest BCUT2D eigenvalue weighted by molar-refractivity contribution is 6.01. The number of aliphatic hydroxyl groups is 1. The van der Waals surface area contributed by atoms with Gasteiger partial charge in [-0.05, 0) is 49.6 Å². The molecule has 0 radical (unpaired) electrons. The van der Waals surface area contributed by atoms with Crippen molar-refractivity contribution in [1.82, 2.24) is 14.9 Å². The Balaban J connectivity index is 1.68. The molecule has 3 aromatic rings. The molecule has 6 nitrogen and oxygen atoms in total. The smallest absolute Gasteiger partial charge is 0.255 e. The van der Waals surface area contributed by atoms with Crippen molar-refractivity contribution in [2.24, 2.45) is 0 Å². The molecule has 1 fully saturated rings. The maximum absolute atomic E-state index is 13.7. The van der Waals surface area contributed by atoms with E-state index >= 15 is 0 Å². The molecule has 0 saturated carbocycles. The number of hydrogen-bond acceptors (Lipinski definition) is 4. The van der Waals surface area contributed by atoms with Gasteiger partial charge in [0.25, 0.3) is 5.91 Å². The van der Waals surface area contributed by atoms with Crippen LogP contribution in [0, 0.1) is 11.6 Å². The number of anilines is 1. The van der Waals surface area contributed by atoms with E-state index in [-0.39, 0.29) is 24.6 Å². The predicted molar refractivity (Wildman–Crippen MR) is 105 cm³/mol. The lowest BCUT2D eigenvalue weighted by Gasteiger charge is -2.27. The third-order valence-electron chi connectivity index (χ3n) is 5.26. The second kappa shape index (κ2) is 7.79. The quantitative estimate of drug-likeness (QED) is 0.691. The Morgan fingerprint density at radius 2 is 2.07 bits per heavy atom. The minimum atomic E-state index is -0.588. The van der Waals surface area contributed by atoms with Crippen LogP contribution in [0.4, 0.5) is 14.5 Å². The number of halogens is 2. The summed E-state index contributed by atoms with van der Waals surface area (Å²) in [4.78, 5) is 14.6. The van der Waals surface area contributed by atoms with Crippen molar-refractivity contribution in [3.05, 3.63) is 65.5 Å². The molecule has 0 aliphatic carbocycles. The van der Waals surface area contributed by atoms with Crippen molar-refractivity contribution in [3.63, 3.8) is 0 Å². The first-order valence-electron chi connectivity index (χ1n) is 9.58. The molecule has 0 spiro atoms. The molecular weight excluding hydrogens is 378 g/mol. The largest absolute Gasteiger partial charge is 0.394 e. The fourth-order valence-electron chi connectivity index (χ4n) is 3.86. The molecule has 1 aromatic carbocycles. The number of fused-ring (bicyclic) bond motifs is 1. The van der Waals surface area contributed by atoms with Crippen molar-refractivity contribution in [2.75, 3.05) is 18.1 Å².